The summed E-state index contributed by atoms with van der Waals surface area (Å²) in [6.45, 7) is 7.45. The third kappa shape index (κ3) is 5.56. The first-order valence-electron chi connectivity index (χ1n) is 6.51. The second-order valence-corrected chi connectivity index (χ2v) is 3.81. The number of rotatable bonds is 6. The highest BCUT2D eigenvalue weighted by atomic mass is 16.7. The predicted molar refractivity (Wildman–Crippen MR) is 75.1 cm³/mol. The van der Waals surface area contributed by atoms with Crippen molar-refractivity contribution in [1.82, 2.24) is 0 Å². The van der Waals surface area contributed by atoms with Crippen LogP contribution in [0.5, 0.6) is 5.75 Å². The van der Waals surface area contributed by atoms with E-state index >= 15 is 0 Å². The van der Waals surface area contributed by atoms with Gasteiger partial charge >= 0.3 is 12.3 Å². The Kier molecular flexibility index (Phi) is 6.80. The lowest BCUT2D eigenvalue weighted by atomic mass is 10.1. The van der Waals surface area contributed by atoms with E-state index in [1.165, 1.54) is 6.08 Å². The molecular weight excluding hydrogens is 276 g/mol. The van der Waals surface area contributed by atoms with Crippen LogP contribution >= 0.6 is 0 Å². The molecule has 0 amide bonds. The molecule has 0 aliphatic heterocycles. The van der Waals surface area contributed by atoms with Crippen molar-refractivity contribution in [2.75, 3.05) is 13.2 Å². The Morgan fingerprint density at radius 3 is 2.19 bits per heavy atom. The molecule has 0 unspecified atom stereocenters. The molecule has 0 aromatic heterocycles. The topological polar surface area (TPSA) is 71.1 Å². The van der Waals surface area contributed by atoms with E-state index in [0.717, 1.165) is 0 Å². The quantitative estimate of drug-likeness (QED) is 0.453. The zero-order chi connectivity index (χ0) is 15.7. The molecule has 1 aromatic rings. The molecule has 0 heterocycles. The first-order chi connectivity index (χ1) is 10.1. The summed E-state index contributed by atoms with van der Waals surface area (Å²) in [5, 5.41) is 0. The van der Waals surface area contributed by atoms with Crippen molar-refractivity contribution in [3.8, 4) is 5.75 Å². The van der Waals surface area contributed by atoms with Crippen molar-refractivity contribution >= 4 is 12.3 Å². The summed E-state index contributed by atoms with van der Waals surface area (Å²) in [5.41, 5.74) is 0.675. The second kappa shape index (κ2) is 8.63. The number of hydrogen-bond acceptors (Lipinski definition) is 6. The molecule has 0 saturated heterocycles. The molecule has 1 rings (SSSR count). The van der Waals surface area contributed by atoms with Crippen LogP contribution in [0.4, 0.5) is 9.59 Å². The summed E-state index contributed by atoms with van der Waals surface area (Å²) >= 11 is 0. The molecule has 0 aliphatic rings. The molecular formula is C15H18O6. The summed E-state index contributed by atoms with van der Waals surface area (Å²) in [5.74, 6) is 0.330. The van der Waals surface area contributed by atoms with Crippen molar-refractivity contribution in [3.63, 3.8) is 0 Å². The van der Waals surface area contributed by atoms with Crippen molar-refractivity contribution in [3.05, 3.63) is 42.5 Å². The second-order valence-electron chi connectivity index (χ2n) is 3.81. The van der Waals surface area contributed by atoms with E-state index in [1.54, 1.807) is 38.1 Å². The maximum atomic E-state index is 11.3. The Labute approximate surface area is 123 Å². The first kappa shape index (κ1) is 16.6. The Morgan fingerprint density at radius 1 is 1.10 bits per heavy atom. The van der Waals surface area contributed by atoms with Crippen LogP contribution in [0.25, 0.3) is 0 Å². The Hall–Kier alpha value is -2.50. The number of hydrogen-bond donors (Lipinski definition) is 0. The van der Waals surface area contributed by atoms with E-state index in [0.29, 0.717) is 11.3 Å². The third-order valence-corrected chi connectivity index (χ3v) is 2.37. The lowest BCUT2D eigenvalue weighted by Gasteiger charge is -2.14. The summed E-state index contributed by atoms with van der Waals surface area (Å²) in [4.78, 5) is 22.5. The minimum absolute atomic E-state index is 0.231. The summed E-state index contributed by atoms with van der Waals surface area (Å²) in [7, 11) is 0. The SMILES string of the molecule is C=C[C@H](OC(=O)OCC)c1ccc(OC(=O)OCC)cc1. The molecule has 0 radical (unpaired) electrons. The molecule has 0 saturated carbocycles. The van der Waals surface area contributed by atoms with Crippen LogP contribution in [0.2, 0.25) is 0 Å². The van der Waals surface area contributed by atoms with Crippen LogP contribution in [-0.2, 0) is 14.2 Å². The highest BCUT2D eigenvalue weighted by Gasteiger charge is 2.14. The minimum atomic E-state index is -0.770. The molecule has 114 valence electrons. The lowest BCUT2D eigenvalue weighted by Crippen LogP contribution is -2.12. The normalized spacial score (nSPS) is 11.1. The van der Waals surface area contributed by atoms with Crippen molar-refractivity contribution in [1.29, 1.82) is 0 Å². The van der Waals surface area contributed by atoms with Gasteiger partial charge in [-0.25, -0.2) is 9.59 Å². The van der Waals surface area contributed by atoms with Crippen LogP contribution in [0.15, 0.2) is 36.9 Å². The summed E-state index contributed by atoms with van der Waals surface area (Å²) in [6.07, 6.45) is -0.707. The maximum absolute atomic E-state index is 11.3. The highest BCUT2D eigenvalue weighted by molar-refractivity contribution is 5.63. The zero-order valence-corrected chi connectivity index (χ0v) is 12.0. The number of benzene rings is 1. The smallest absolute Gasteiger partial charge is 0.435 e. The van der Waals surface area contributed by atoms with Gasteiger partial charge in [0.05, 0.1) is 13.2 Å². The molecule has 6 heteroatoms. The molecule has 1 aromatic carbocycles. The number of carbonyl (C=O) groups excluding carboxylic acids is 2. The monoisotopic (exact) mass is 294 g/mol. The molecule has 1 atom stereocenters. The van der Waals surface area contributed by atoms with E-state index < -0.39 is 18.4 Å². The average Bonchev–Trinajstić information content (AvgIpc) is 2.46. The lowest BCUT2D eigenvalue weighted by molar-refractivity contribution is 0.0402. The maximum Gasteiger partial charge on any atom is 0.513 e. The van der Waals surface area contributed by atoms with Crippen LogP contribution < -0.4 is 4.74 Å². The van der Waals surface area contributed by atoms with Gasteiger partial charge in [-0.2, -0.15) is 0 Å². The van der Waals surface area contributed by atoms with E-state index in [2.05, 4.69) is 11.3 Å². The third-order valence-electron chi connectivity index (χ3n) is 2.37. The average molecular weight is 294 g/mol. The number of carbonyl (C=O) groups is 2. The first-order valence-corrected chi connectivity index (χ1v) is 6.51. The van der Waals surface area contributed by atoms with Crippen LogP contribution in [0, 0.1) is 0 Å². The van der Waals surface area contributed by atoms with E-state index in [1.807, 2.05) is 0 Å². The molecule has 0 aliphatic carbocycles. The minimum Gasteiger partial charge on any atom is -0.435 e. The van der Waals surface area contributed by atoms with Crippen molar-refractivity contribution in [2.24, 2.45) is 0 Å². The van der Waals surface area contributed by atoms with Gasteiger partial charge in [-0.15, -0.1) is 0 Å². The van der Waals surface area contributed by atoms with E-state index in [-0.39, 0.29) is 13.2 Å². The van der Waals surface area contributed by atoms with Gasteiger partial charge < -0.3 is 18.9 Å². The van der Waals surface area contributed by atoms with Crippen molar-refractivity contribution in [2.45, 2.75) is 20.0 Å². The van der Waals surface area contributed by atoms with Gasteiger partial charge in [0, 0.05) is 0 Å². The Morgan fingerprint density at radius 2 is 1.67 bits per heavy atom. The molecule has 21 heavy (non-hydrogen) atoms. The summed E-state index contributed by atoms with van der Waals surface area (Å²) in [6, 6.07) is 6.44. The van der Waals surface area contributed by atoms with Crippen molar-refractivity contribution < 1.29 is 28.5 Å². The Balaban J connectivity index is 2.68. The van der Waals surface area contributed by atoms with Crippen LogP contribution in [-0.4, -0.2) is 25.5 Å². The fraction of sp³-hybridized carbons (Fsp3) is 0.333. The van der Waals surface area contributed by atoms with E-state index in [4.69, 9.17) is 14.2 Å². The summed E-state index contributed by atoms with van der Waals surface area (Å²) < 4.78 is 19.4. The van der Waals surface area contributed by atoms with Gasteiger partial charge in [-0.3, -0.25) is 0 Å². The molecule has 6 nitrogen and oxygen atoms in total. The Bertz CT molecular complexity index is 479. The zero-order valence-electron chi connectivity index (χ0n) is 12.0. The molecule has 0 spiro atoms. The molecule has 0 fully saturated rings. The van der Waals surface area contributed by atoms with Gasteiger partial charge in [0.15, 0.2) is 0 Å². The van der Waals surface area contributed by atoms with Gasteiger partial charge in [0.25, 0.3) is 0 Å². The molecule has 0 bridgehead atoms. The molecule has 0 N–H and O–H groups in total. The van der Waals surface area contributed by atoms with Crippen LogP contribution in [0.3, 0.4) is 0 Å². The standard InChI is InChI=1S/C15H18O6/c1-4-13(21-15(17)19-6-3)11-7-9-12(10-8-11)20-14(16)18-5-2/h4,7-10,13H,1,5-6H2,2-3H3/t13-/m0/s1. The van der Waals surface area contributed by atoms with Gasteiger partial charge in [-0.05, 0) is 37.6 Å². The highest BCUT2D eigenvalue weighted by Crippen LogP contribution is 2.22. The van der Waals surface area contributed by atoms with Gasteiger partial charge in [-0.1, -0.05) is 18.7 Å². The van der Waals surface area contributed by atoms with Gasteiger partial charge in [0.1, 0.15) is 11.9 Å². The number of ether oxygens (including phenoxy) is 4. The van der Waals surface area contributed by atoms with Crippen LogP contribution in [0.1, 0.15) is 25.5 Å². The largest absolute Gasteiger partial charge is 0.513 e. The predicted octanol–water partition coefficient (Wildman–Crippen LogP) is 3.62. The van der Waals surface area contributed by atoms with Gasteiger partial charge in [0.2, 0.25) is 0 Å². The van der Waals surface area contributed by atoms with E-state index in [9.17, 15) is 9.59 Å². The fourth-order valence-electron chi connectivity index (χ4n) is 1.48. The fourth-order valence-corrected chi connectivity index (χ4v) is 1.48.